The second-order valence-electron chi connectivity index (χ2n) is 8.86. The zero-order chi connectivity index (χ0) is 28.8. The first kappa shape index (κ1) is 33.2. The van der Waals surface area contributed by atoms with E-state index in [1.165, 1.54) is 45.8 Å². The molecule has 1 radical (unpaired) electrons. The van der Waals surface area contributed by atoms with Crippen LogP contribution in [-0.2, 0) is 32.7 Å². The summed E-state index contributed by atoms with van der Waals surface area (Å²) in [5.74, 6) is 12.0. The summed E-state index contributed by atoms with van der Waals surface area (Å²) in [6.07, 6.45) is 6.08. The number of aromatic hydroxyl groups is 2. The Hall–Kier alpha value is -5.04. The predicted molar refractivity (Wildman–Crippen MR) is 153 cm³/mol. The van der Waals surface area contributed by atoms with Crippen LogP contribution in [-0.4, -0.2) is 39.6 Å². The Morgan fingerprint density at radius 1 is 0.762 bits per heavy atom. The number of benzene rings is 2. The normalized spacial score (nSPS) is 9.86. The number of rotatable bonds is 7. The summed E-state index contributed by atoms with van der Waals surface area (Å²) in [5, 5.41) is 51.4. The van der Waals surface area contributed by atoms with Gasteiger partial charge in [-0.15, -0.1) is 0 Å². The molecule has 0 aliphatic heterocycles. The van der Waals surface area contributed by atoms with Crippen LogP contribution < -0.4 is 0 Å². The first-order chi connectivity index (χ1) is 19.1. The summed E-state index contributed by atoms with van der Waals surface area (Å²) < 4.78 is 3.07. The molecule has 0 atom stereocenters. The molecule has 0 aliphatic carbocycles. The maximum Gasteiger partial charge on any atom is 0.270 e. The molecule has 13 heteroatoms. The average molecular weight is 607 g/mol. The molecule has 2 aromatic heterocycles. The van der Waals surface area contributed by atoms with Crippen LogP contribution in [0.25, 0.3) is 22.5 Å². The Bertz CT molecular complexity index is 1610. The SMILES string of the molecule is Cn1cc(C#CCCCCC#Cc2cn(C)nc2-c2cc([N+](=O)[O-])ccc2O)c(-c2cc([N+](=O)[O-])ccc2O)n1.[CH3-].[V]. The Balaban J connectivity index is 0.00000308. The number of nitro groups is 2. The van der Waals surface area contributed by atoms with Crippen LogP contribution >= 0.6 is 0 Å². The molecule has 42 heavy (non-hydrogen) atoms. The average Bonchev–Trinajstić information content (AvgIpc) is 3.47. The van der Waals surface area contributed by atoms with Crippen molar-refractivity contribution in [2.24, 2.45) is 14.1 Å². The van der Waals surface area contributed by atoms with Gasteiger partial charge in [-0.2, -0.15) is 10.2 Å². The molecule has 4 rings (SSSR count). The molecule has 0 fully saturated rings. The molecule has 215 valence electrons. The number of aryl methyl sites for hydroxylation is 2. The van der Waals surface area contributed by atoms with E-state index >= 15 is 0 Å². The second-order valence-corrected chi connectivity index (χ2v) is 8.86. The Labute approximate surface area is 254 Å². The molecule has 12 nitrogen and oxygen atoms in total. The van der Waals surface area contributed by atoms with Crippen LogP contribution in [0.4, 0.5) is 11.4 Å². The van der Waals surface area contributed by atoms with Gasteiger partial charge in [0.05, 0.1) is 32.1 Å². The number of phenolic OH excluding ortho intramolecular Hbond substituents is 2. The van der Waals surface area contributed by atoms with Crippen molar-refractivity contribution in [3.63, 3.8) is 0 Å². The minimum Gasteiger partial charge on any atom is -0.507 e. The molecule has 0 amide bonds. The Kier molecular flexibility index (Phi) is 11.5. The van der Waals surface area contributed by atoms with E-state index in [4.69, 9.17) is 0 Å². The van der Waals surface area contributed by atoms with E-state index in [0.717, 1.165) is 12.8 Å². The van der Waals surface area contributed by atoms with Crippen molar-refractivity contribution < 1.29 is 38.6 Å². The van der Waals surface area contributed by atoms with Crippen molar-refractivity contribution in [2.75, 3.05) is 0 Å². The van der Waals surface area contributed by atoms with Crippen LogP contribution in [0.1, 0.15) is 36.8 Å². The first-order valence-electron chi connectivity index (χ1n) is 12.1. The maximum absolute atomic E-state index is 11.1. The summed E-state index contributed by atoms with van der Waals surface area (Å²) in [7, 11) is 3.41. The second kappa shape index (κ2) is 14.6. The summed E-state index contributed by atoms with van der Waals surface area (Å²) in [5.41, 5.74) is 1.99. The number of aromatic nitrogens is 4. The number of nitrogens with zero attached hydrogens (tertiary/aromatic N) is 6. The third-order valence-electron chi connectivity index (χ3n) is 5.85. The number of hydrogen-bond donors (Lipinski definition) is 2. The molecule has 0 saturated carbocycles. The van der Waals surface area contributed by atoms with Gasteiger partial charge in [-0.3, -0.25) is 29.6 Å². The predicted octanol–water partition coefficient (Wildman–Crippen LogP) is 5.13. The molecule has 2 heterocycles. The van der Waals surface area contributed by atoms with Crippen LogP contribution in [0.2, 0.25) is 0 Å². The van der Waals surface area contributed by atoms with Crippen molar-refractivity contribution in [2.45, 2.75) is 25.7 Å². The van der Waals surface area contributed by atoms with E-state index < -0.39 is 9.85 Å². The number of hydrogen-bond acceptors (Lipinski definition) is 8. The smallest absolute Gasteiger partial charge is 0.270 e. The van der Waals surface area contributed by atoms with Crippen LogP contribution in [0.15, 0.2) is 48.8 Å². The van der Waals surface area contributed by atoms with E-state index in [-0.39, 0.29) is 60.0 Å². The van der Waals surface area contributed by atoms with Gasteiger partial charge in [0.15, 0.2) is 0 Å². The van der Waals surface area contributed by atoms with E-state index in [1.807, 2.05) is 0 Å². The quantitative estimate of drug-likeness (QED) is 0.0962. The molecule has 0 spiro atoms. The van der Waals surface area contributed by atoms with Crippen LogP contribution in [0, 0.1) is 51.3 Å². The largest absolute Gasteiger partial charge is 0.507 e. The van der Waals surface area contributed by atoms with Gasteiger partial charge in [0.1, 0.15) is 22.9 Å². The van der Waals surface area contributed by atoms with Crippen molar-refractivity contribution in [1.29, 1.82) is 0 Å². The van der Waals surface area contributed by atoms with Crippen molar-refractivity contribution in [1.82, 2.24) is 19.6 Å². The Morgan fingerprint density at radius 3 is 1.50 bits per heavy atom. The molecule has 0 saturated heterocycles. The zero-order valence-corrected chi connectivity index (χ0v) is 24.5. The van der Waals surface area contributed by atoms with Crippen molar-refractivity contribution >= 4 is 11.4 Å². The van der Waals surface area contributed by atoms with Gasteiger partial charge in [0.2, 0.25) is 0 Å². The molecule has 2 N–H and O–H groups in total. The molecular formula is C29H27N6O6V-. The molecular weight excluding hydrogens is 579 g/mol. The third-order valence-corrected chi connectivity index (χ3v) is 5.85. The molecule has 2 aromatic carbocycles. The van der Waals surface area contributed by atoms with Gasteiger partial charge >= 0.3 is 0 Å². The fourth-order valence-electron chi connectivity index (χ4n) is 3.95. The minimum atomic E-state index is -0.535. The molecule has 0 aliphatic rings. The summed E-state index contributed by atoms with van der Waals surface area (Å²) in [6.45, 7) is 0. The number of unbranched alkanes of at least 4 members (excludes halogenated alkanes) is 3. The van der Waals surface area contributed by atoms with E-state index in [1.54, 1.807) is 26.5 Å². The fourth-order valence-corrected chi connectivity index (χ4v) is 3.95. The summed E-state index contributed by atoms with van der Waals surface area (Å²) in [4.78, 5) is 21.2. The number of phenols is 2. The third kappa shape index (κ3) is 7.79. The zero-order valence-electron chi connectivity index (χ0n) is 23.1. The van der Waals surface area contributed by atoms with E-state index in [0.29, 0.717) is 35.4 Å². The van der Waals surface area contributed by atoms with Crippen LogP contribution in [0.3, 0.4) is 0 Å². The fraction of sp³-hybridized carbons (Fsp3) is 0.207. The monoisotopic (exact) mass is 606 g/mol. The van der Waals surface area contributed by atoms with Gasteiger partial charge in [-0.05, 0) is 25.0 Å². The van der Waals surface area contributed by atoms with Gasteiger partial charge in [0, 0.05) is 82.2 Å². The van der Waals surface area contributed by atoms with Crippen molar-refractivity contribution in [3.05, 3.63) is 87.6 Å². The van der Waals surface area contributed by atoms with E-state index in [2.05, 4.69) is 33.9 Å². The van der Waals surface area contributed by atoms with E-state index in [9.17, 15) is 30.4 Å². The Morgan fingerprint density at radius 2 is 1.14 bits per heavy atom. The molecule has 4 aromatic rings. The number of nitro benzene ring substituents is 2. The van der Waals surface area contributed by atoms with Gasteiger partial charge in [0.25, 0.3) is 11.4 Å². The summed E-state index contributed by atoms with van der Waals surface area (Å²) >= 11 is 0. The first-order valence-corrected chi connectivity index (χ1v) is 12.1. The molecule has 0 bridgehead atoms. The number of non-ortho nitro benzene ring substituents is 2. The van der Waals surface area contributed by atoms with Gasteiger partial charge < -0.3 is 17.6 Å². The van der Waals surface area contributed by atoms with Crippen molar-refractivity contribution in [3.8, 4) is 57.7 Å². The standard InChI is InChI=1S/C28H24N6O6.CH3.V/c1-31-17-19(27(29-31)23-15-21(33(37)38)11-13-25(23)35)9-7-5-3-4-6-8-10-20-18-32(2)30-28(20)24-16-22(34(39)40)12-14-26(24)36;;/h11-18,35-36H,3-6H2,1-2H3;1H3;/q;-1;. The topological polar surface area (TPSA) is 162 Å². The van der Waals surface area contributed by atoms with Crippen LogP contribution in [0.5, 0.6) is 11.5 Å². The van der Waals surface area contributed by atoms with Gasteiger partial charge in [-0.25, -0.2) is 0 Å². The molecule has 0 unspecified atom stereocenters. The van der Waals surface area contributed by atoms with Gasteiger partial charge in [-0.1, -0.05) is 23.7 Å². The summed E-state index contributed by atoms with van der Waals surface area (Å²) in [6, 6.07) is 7.53. The maximum atomic E-state index is 11.1. The minimum absolute atomic E-state index is 0.